The molecular weight excluding hydrogens is 222 g/mol. The second-order valence-electron chi connectivity index (χ2n) is 4.96. The van der Waals surface area contributed by atoms with E-state index >= 15 is 0 Å². The van der Waals surface area contributed by atoms with E-state index in [2.05, 4.69) is 53.4 Å². The molecule has 1 aromatic carbocycles. The average molecular weight is 243 g/mol. The van der Waals surface area contributed by atoms with E-state index in [1.54, 1.807) is 0 Å². The molecule has 3 nitrogen and oxygen atoms in total. The third kappa shape index (κ3) is 2.62. The van der Waals surface area contributed by atoms with Crippen LogP contribution in [0.1, 0.15) is 36.8 Å². The molecule has 0 atom stereocenters. The van der Waals surface area contributed by atoms with Gasteiger partial charge < -0.3 is 10.3 Å². The molecule has 0 aliphatic heterocycles. The minimum atomic E-state index is 0.566. The summed E-state index contributed by atoms with van der Waals surface area (Å²) < 4.78 is 0. The van der Waals surface area contributed by atoms with E-state index in [4.69, 9.17) is 0 Å². The van der Waals surface area contributed by atoms with Gasteiger partial charge in [-0.1, -0.05) is 38.1 Å². The van der Waals surface area contributed by atoms with Crippen LogP contribution in [0.15, 0.2) is 24.3 Å². The van der Waals surface area contributed by atoms with Crippen molar-refractivity contribution in [1.29, 1.82) is 0 Å². The summed E-state index contributed by atoms with van der Waals surface area (Å²) in [6, 6.07) is 8.69. The normalized spacial score (nSPS) is 11.2. The van der Waals surface area contributed by atoms with E-state index in [9.17, 15) is 0 Å². The van der Waals surface area contributed by atoms with Gasteiger partial charge in [-0.05, 0) is 25.5 Å². The van der Waals surface area contributed by atoms with Gasteiger partial charge in [0.05, 0.1) is 11.4 Å². The first-order valence-electron chi connectivity index (χ1n) is 6.42. The van der Waals surface area contributed by atoms with Crippen molar-refractivity contribution in [2.24, 2.45) is 0 Å². The number of nitrogens with zero attached hydrogens (tertiary/aromatic N) is 1. The van der Waals surface area contributed by atoms with Gasteiger partial charge in [-0.15, -0.1) is 0 Å². The molecule has 96 valence electrons. The molecule has 3 heteroatoms. The fourth-order valence-corrected chi connectivity index (χ4v) is 2.11. The van der Waals surface area contributed by atoms with Crippen LogP contribution in [-0.4, -0.2) is 17.0 Å². The van der Waals surface area contributed by atoms with Crippen LogP contribution in [0.4, 0.5) is 0 Å². The van der Waals surface area contributed by atoms with E-state index < -0.39 is 0 Å². The number of benzene rings is 1. The maximum absolute atomic E-state index is 4.58. The maximum Gasteiger partial charge on any atom is 0.103 e. The molecule has 2 rings (SSSR count). The summed E-state index contributed by atoms with van der Waals surface area (Å²) in [6.07, 6.45) is 0. The van der Waals surface area contributed by atoms with E-state index in [0.717, 1.165) is 23.8 Å². The van der Waals surface area contributed by atoms with Crippen molar-refractivity contribution in [3.8, 4) is 11.3 Å². The molecule has 0 aliphatic rings. The zero-order valence-corrected chi connectivity index (χ0v) is 11.5. The molecule has 1 heterocycles. The summed E-state index contributed by atoms with van der Waals surface area (Å²) >= 11 is 0. The molecule has 0 amide bonds. The third-order valence-electron chi connectivity index (χ3n) is 3.10. The molecule has 0 radical (unpaired) electrons. The van der Waals surface area contributed by atoms with Crippen molar-refractivity contribution in [2.75, 3.05) is 7.05 Å². The Morgan fingerprint density at radius 2 is 1.89 bits per heavy atom. The summed E-state index contributed by atoms with van der Waals surface area (Å²) in [4.78, 5) is 7.89. The van der Waals surface area contributed by atoms with Crippen molar-refractivity contribution in [2.45, 2.75) is 33.2 Å². The monoisotopic (exact) mass is 243 g/mol. The van der Waals surface area contributed by atoms with Crippen LogP contribution in [-0.2, 0) is 6.54 Å². The molecule has 0 saturated heterocycles. The van der Waals surface area contributed by atoms with Gasteiger partial charge in [-0.2, -0.15) is 0 Å². The lowest BCUT2D eigenvalue weighted by Crippen LogP contribution is -2.06. The predicted octanol–water partition coefficient (Wildman–Crippen LogP) is 3.23. The van der Waals surface area contributed by atoms with Crippen LogP contribution >= 0.6 is 0 Å². The summed E-state index contributed by atoms with van der Waals surface area (Å²) in [5.41, 5.74) is 4.74. The van der Waals surface area contributed by atoms with Gasteiger partial charge >= 0.3 is 0 Å². The lowest BCUT2D eigenvalue weighted by molar-refractivity contribution is 0.796. The van der Waals surface area contributed by atoms with Crippen molar-refractivity contribution in [3.05, 3.63) is 41.3 Å². The number of H-pyrrole nitrogens is 1. The second-order valence-corrected chi connectivity index (χ2v) is 4.96. The second kappa shape index (κ2) is 5.36. The van der Waals surface area contributed by atoms with Gasteiger partial charge in [0.25, 0.3) is 0 Å². The topological polar surface area (TPSA) is 40.7 Å². The van der Waals surface area contributed by atoms with Crippen LogP contribution in [0.2, 0.25) is 0 Å². The lowest BCUT2D eigenvalue weighted by Gasteiger charge is -2.07. The highest BCUT2D eigenvalue weighted by Gasteiger charge is 2.10. The molecule has 0 bridgehead atoms. The van der Waals surface area contributed by atoms with Gasteiger partial charge in [-0.25, -0.2) is 4.98 Å². The lowest BCUT2D eigenvalue weighted by atomic mass is 10.0. The van der Waals surface area contributed by atoms with Crippen LogP contribution in [0.5, 0.6) is 0 Å². The SMILES string of the molecule is CNCc1[nH]c(C)nc1-c1ccc(C(C)C)cc1. The molecule has 0 unspecified atom stereocenters. The maximum atomic E-state index is 4.58. The Balaban J connectivity index is 2.35. The predicted molar refractivity (Wildman–Crippen MR) is 75.6 cm³/mol. The van der Waals surface area contributed by atoms with Gasteiger partial charge in [0.2, 0.25) is 0 Å². The Kier molecular flexibility index (Phi) is 3.82. The Hall–Kier alpha value is -1.61. The largest absolute Gasteiger partial charge is 0.345 e. The number of imidazole rings is 1. The van der Waals surface area contributed by atoms with E-state index in [1.165, 1.54) is 11.1 Å². The van der Waals surface area contributed by atoms with Crippen molar-refractivity contribution >= 4 is 0 Å². The first-order chi connectivity index (χ1) is 8.61. The molecular formula is C15H21N3. The highest BCUT2D eigenvalue weighted by Crippen LogP contribution is 2.24. The van der Waals surface area contributed by atoms with Crippen LogP contribution in [0, 0.1) is 6.92 Å². The summed E-state index contributed by atoms with van der Waals surface area (Å²) in [5, 5.41) is 3.17. The van der Waals surface area contributed by atoms with Crippen molar-refractivity contribution in [3.63, 3.8) is 0 Å². The molecule has 2 aromatic rings. The van der Waals surface area contributed by atoms with Crippen LogP contribution in [0.25, 0.3) is 11.3 Å². The number of hydrogen-bond donors (Lipinski definition) is 2. The first kappa shape index (κ1) is 12.8. The number of aromatic nitrogens is 2. The first-order valence-corrected chi connectivity index (χ1v) is 6.42. The number of nitrogens with one attached hydrogen (secondary N) is 2. The number of rotatable bonds is 4. The third-order valence-corrected chi connectivity index (χ3v) is 3.10. The van der Waals surface area contributed by atoms with Crippen molar-refractivity contribution in [1.82, 2.24) is 15.3 Å². The standard InChI is InChI=1S/C15H21N3/c1-10(2)12-5-7-13(8-6-12)15-14(9-16-4)17-11(3)18-15/h5-8,10,16H,9H2,1-4H3,(H,17,18). The highest BCUT2D eigenvalue weighted by molar-refractivity contribution is 5.62. The van der Waals surface area contributed by atoms with Gasteiger partial charge in [0.1, 0.15) is 5.82 Å². The van der Waals surface area contributed by atoms with E-state index in [-0.39, 0.29) is 0 Å². The van der Waals surface area contributed by atoms with Crippen molar-refractivity contribution < 1.29 is 0 Å². The molecule has 0 saturated carbocycles. The fourth-order valence-electron chi connectivity index (χ4n) is 2.11. The number of aromatic amines is 1. The van der Waals surface area contributed by atoms with Gasteiger partial charge in [-0.3, -0.25) is 0 Å². The summed E-state index contributed by atoms with van der Waals surface area (Å²) in [7, 11) is 1.95. The average Bonchev–Trinajstić information content (AvgIpc) is 2.71. The quantitative estimate of drug-likeness (QED) is 0.865. The molecule has 18 heavy (non-hydrogen) atoms. The van der Waals surface area contributed by atoms with E-state index in [1.807, 2.05) is 14.0 Å². The number of hydrogen-bond acceptors (Lipinski definition) is 2. The Morgan fingerprint density at radius 1 is 1.22 bits per heavy atom. The Labute approximate surface area is 109 Å². The smallest absolute Gasteiger partial charge is 0.103 e. The van der Waals surface area contributed by atoms with Gasteiger partial charge in [0, 0.05) is 12.1 Å². The van der Waals surface area contributed by atoms with Crippen LogP contribution in [0.3, 0.4) is 0 Å². The zero-order chi connectivity index (χ0) is 13.1. The molecule has 0 spiro atoms. The minimum Gasteiger partial charge on any atom is -0.345 e. The molecule has 0 aliphatic carbocycles. The summed E-state index contributed by atoms with van der Waals surface area (Å²) in [5.74, 6) is 1.53. The van der Waals surface area contributed by atoms with Gasteiger partial charge in [0.15, 0.2) is 0 Å². The minimum absolute atomic E-state index is 0.566. The number of aryl methyl sites for hydroxylation is 1. The Morgan fingerprint density at radius 3 is 2.44 bits per heavy atom. The van der Waals surface area contributed by atoms with E-state index in [0.29, 0.717) is 5.92 Å². The Bertz CT molecular complexity index is 509. The highest BCUT2D eigenvalue weighted by atomic mass is 15.0. The molecule has 0 fully saturated rings. The fraction of sp³-hybridized carbons (Fsp3) is 0.400. The van der Waals surface area contributed by atoms with Crippen LogP contribution < -0.4 is 5.32 Å². The summed E-state index contributed by atoms with van der Waals surface area (Å²) in [6.45, 7) is 7.22. The zero-order valence-electron chi connectivity index (χ0n) is 11.5. The molecule has 2 N–H and O–H groups in total. The molecule has 1 aromatic heterocycles.